The summed E-state index contributed by atoms with van der Waals surface area (Å²) in [6.45, 7) is 4.15. The van der Waals surface area contributed by atoms with Crippen molar-refractivity contribution in [1.29, 1.82) is 0 Å². The van der Waals surface area contributed by atoms with E-state index in [1.165, 1.54) is 77.0 Å². The molecule has 0 rings (SSSR count). The Morgan fingerprint density at radius 1 is 0.523 bits per heavy atom. The lowest BCUT2D eigenvalue weighted by Crippen LogP contribution is -2.37. The van der Waals surface area contributed by atoms with Crippen LogP contribution in [0.2, 0.25) is 0 Å². The summed E-state index contributed by atoms with van der Waals surface area (Å²) in [5, 5.41) is 20.2. The first kappa shape index (κ1) is 42.3. The summed E-state index contributed by atoms with van der Waals surface area (Å²) in [4.78, 5) is 24.2. The molecule has 256 valence electrons. The van der Waals surface area contributed by atoms with Gasteiger partial charge in [-0.25, -0.2) is 0 Å². The Bertz CT molecular complexity index is 726. The Labute approximate surface area is 272 Å². The molecule has 0 aromatic heterocycles. The maximum atomic E-state index is 12.2. The number of hydrogen-bond acceptors (Lipinski definition) is 5. The predicted molar refractivity (Wildman–Crippen MR) is 187 cm³/mol. The van der Waals surface area contributed by atoms with E-state index in [4.69, 9.17) is 4.74 Å². The fourth-order valence-corrected chi connectivity index (χ4v) is 5.15. The molecule has 2 atom stereocenters. The van der Waals surface area contributed by atoms with Crippen molar-refractivity contribution >= 4 is 11.8 Å². The Balaban J connectivity index is 3.62. The van der Waals surface area contributed by atoms with Crippen LogP contribution in [0.1, 0.15) is 181 Å². The molecule has 0 radical (unpaired) electrons. The predicted octanol–water partition coefficient (Wildman–Crippen LogP) is 10.7. The van der Waals surface area contributed by atoms with Gasteiger partial charge < -0.3 is 14.9 Å². The van der Waals surface area contributed by atoms with Crippen LogP contribution in [0.25, 0.3) is 0 Å². The van der Waals surface area contributed by atoms with Gasteiger partial charge in [-0.05, 0) is 70.6 Å². The van der Waals surface area contributed by atoms with Crippen LogP contribution >= 0.6 is 0 Å². The lowest BCUT2D eigenvalue weighted by Gasteiger charge is -2.16. The molecule has 0 heterocycles. The number of ether oxygens (including phenoxy) is 1. The summed E-state index contributed by atoms with van der Waals surface area (Å²) in [6, 6.07) is 0. The van der Waals surface area contributed by atoms with E-state index in [1.807, 2.05) is 0 Å². The highest BCUT2D eigenvalue weighted by Gasteiger charge is 2.24. The molecular formula is C39H70O5. The Morgan fingerprint density at radius 2 is 0.909 bits per heavy atom. The fourth-order valence-electron chi connectivity index (χ4n) is 5.15. The lowest BCUT2D eigenvalue weighted by atomic mass is 10.0. The van der Waals surface area contributed by atoms with Gasteiger partial charge in [-0.3, -0.25) is 9.59 Å². The number of aliphatic hydroxyl groups is 2. The van der Waals surface area contributed by atoms with Crippen LogP contribution in [0.4, 0.5) is 0 Å². The molecule has 0 spiro atoms. The highest BCUT2D eigenvalue weighted by atomic mass is 16.5. The van der Waals surface area contributed by atoms with Gasteiger partial charge in [0.15, 0.2) is 5.78 Å². The zero-order valence-corrected chi connectivity index (χ0v) is 28.8. The molecule has 0 saturated carbocycles. The second-order valence-corrected chi connectivity index (χ2v) is 12.5. The van der Waals surface area contributed by atoms with Gasteiger partial charge in [-0.1, -0.05) is 134 Å². The molecule has 44 heavy (non-hydrogen) atoms. The van der Waals surface area contributed by atoms with Crippen molar-refractivity contribution < 1.29 is 24.5 Å². The largest absolute Gasteiger partial charge is 0.463 e. The van der Waals surface area contributed by atoms with E-state index in [0.29, 0.717) is 12.8 Å². The van der Waals surface area contributed by atoms with Crippen molar-refractivity contribution in [2.45, 2.75) is 193 Å². The van der Waals surface area contributed by atoms with E-state index < -0.39 is 12.2 Å². The Hall–Kier alpha value is -1.72. The van der Waals surface area contributed by atoms with E-state index in [2.05, 4.69) is 50.3 Å². The molecule has 2 N–H and O–H groups in total. The van der Waals surface area contributed by atoms with Crippen molar-refractivity contribution in [2.75, 3.05) is 6.61 Å². The van der Waals surface area contributed by atoms with Crippen molar-refractivity contribution in [3.63, 3.8) is 0 Å². The minimum Gasteiger partial charge on any atom is -0.463 e. The van der Waals surface area contributed by atoms with Gasteiger partial charge in [-0.15, -0.1) is 0 Å². The molecule has 0 saturated heterocycles. The van der Waals surface area contributed by atoms with Crippen LogP contribution in [0.5, 0.6) is 0 Å². The van der Waals surface area contributed by atoms with Gasteiger partial charge in [0.25, 0.3) is 0 Å². The molecule has 0 aliphatic carbocycles. The molecule has 0 aromatic carbocycles. The summed E-state index contributed by atoms with van der Waals surface area (Å²) in [5.74, 6) is -0.758. The Morgan fingerprint density at radius 3 is 1.43 bits per heavy atom. The maximum absolute atomic E-state index is 12.2. The summed E-state index contributed by atoms with van der Waals surface area (Å²) in [7, 11) is 0. The zero-order chi connectivity index (χ0) is 32.4. The first-order valence-electron chi connectivity index (χ1n) is 18.5. The molecule has 0 aromatic rings. The molecule has 0 bridgehead atoms. The van der Waals surface area contributed by atoms with Crippen LogP contribution in [0.3, 0.4) is 0 Å². The average molecular weight is 619 g/mol. The van der Waals surface area contributed by atoms with Crippen LogP contribution in [-0.2, 0) is 14.3 Å². The normalized spacial score (nSPS) is 13.4. The number of hydrogen-bond donors (Lipinski definition) is 2. The number of Topliss-reactive ketones (excluding diaryl/α,β-unsaturated/α-hetero) is 1. The van der Waals surface area contributed by atoms with E-state index in [1.54, 1.807) is 0 Å². The lowest BCUT2D eigenvalue weighted by molar-refractivity contribution is -0.152. The van der Waals surface area contributed by atoms with Gasteiger partial charge in [-0.2, -0.15) is 0 Å². The Kier molecular flexibility index (Phi) is 32.8. The van der Waals surface area contributed by atoms with Crippen molar-refractivity contribution in [2.24, 2.45) is 0 Å². The maximum Gasteiger partial charge on any atom is 0.305 e. The summed E-state index contributed by atoms with van der Waals surface area (Å²) in [6.07, 6.45) is 39.1. The monoisotopic (exact) mass is 619 g/mol. The fraction of sp³-hybridized carbons (Fsp3) is 0.795. The number of aliphatic hydroxyl groups excluding tert-OH is 2. The highest BCUT2D eigenvalue weighted by Crippen LogP contribution is 2.12. The molecule has 0 aliphatic rings. The number of allylic oxidation sites excluding steroid dienone is 6. The standard InChI is InChI=1S/C39H70O5/c1-3-5-7-9-11-13-15-17-19-21-23-25-27-29-31-33-36(40)39(43)37(41)35-44-38(42)34-32-30-28-26-24-22-20-18-16-14-12-10-8-6-4-2/h12,14,17-20,37,39,41,43H,3-11,13,15-16,21-35H2,1-2H3/b14-12-,19-17-,20-18-/t37-,39?/m0/s1. The molecule has 1 unspecified atom stereocenters. The van der Waals surface area contributed by atoms with Gasteiger partial charge >= 0.3 is 5.97 Å². The summed E-state index contributed by atoms with van der Waals surface area (Å²) in [5.41, 5.74) is 0. The number of unbranched alkanes of at least 4 members (excludes halogenated alkanes) is 19. The smallest absolute Gasteiger partial charge is 0.305 e. The molecule has 5 nitrogen and oxygen atoms in total. The van der Waals surface area contributed by atoms with Crippen molar-refractivity contribution in [1.82, 2.24) is 0 Å². The number of rotatable bonds is 33. The van der Waals surface area contributed by atoms with Gasteiger partial charge in [0.1, 0.15) is 18.8 Å². The van der Waals surface area contributed by atoms with Crippen LogP contribution < -0.4 is 0 Å². The second kappa shape index (κ2) is 34.2. The average Bonchev–Trinajstić information content (AvgIpc) is 3.03. The zero-order valence-electron chi connectivity index (χ0n) is 28.8. The number of esters is 1. The van der Waals surface area contributed by atoms with E-state index in [9.17, 15) is 19.8 Å². The van der Waals surface area contributed by atoms with Gasteiger partial charge in [0, 0.05) is 12.8 Å². The van der Waals surface area contributed by atoms with Crippen LogP contribution in [0.15, 0.2) is 36.5 Å². The number of carbonyl (C=O) groups is 2. The third-order valence-electron chi connectivity index (χ3n) is 8.13. The second-order valence-electron chi connectivity index (χ2n) is 12.5. The van der Waals surface area contributed by atoms with Crippen molar-refractivity contribution in [3.05, 3.63) is 36.5 Å². The number of carbonyl (C=O) groups excluding carboxylic acids is 2. The third kappa shape index (κ3) is 30.3. The van der Waals surface area contributed by atoms with Gasteiger partial charge in [0.05, 0.1) is 0 Å². The molecule has 5 heteroatoms. The topological polar surface area (TPSA) is 83.8 Å². The first-order chi connectivity index (χ1) is 21.5. The molecule has 0 aliphatic heterocycles. The number of ketones is 1. The highest BCUT2D eigenvalue weighted by molar-refractivity contribution is 5.83. The summed E-state index contributed by atoms with van der Waals surface area (Å²) < 4.78 is 5.10. The molecule has 0 amide bonds. The minimum absolute atomic E-state index is 0.246. The molecule has 0 fully saturated rings. The third-order valence-corrected chi connectivity index (χ3v) is 8.13. The summed E-state index contributed by atoms with van der Waals surface area (Å²) >= 11 is 0. The van der Waals surface area contributed by atoms with E-state index in [-0.39, 0.29) is 24.8 Å². The first-order valence-corrected chi connectivity index (χ1v) is 18.5. The SMILES string of the molecule is CCCCC/C=C\C/C=C\CCCCCCCC(=O)OC[C@H](O)C(O)C(=O)CCCCCCC/C=C\CCCCCCCC. The quantitative estimate of drug-likeness (QED) is 0.0434. The molecular weight excluding hydrogens is 548 g/mol. The van der Waals surface area contributed by atoms with Crippen molar-refractivity contribution in [3.8, 4) is 0 Å². The van der Waals surface area contributed by atoms with Crippen LogP contribution in [0, 0.1) is 0 Å². The minimum atomic E-state index is -1.49. The van der Waals surface area contributed by atoms with E-state index >= 15 is 0 Å². The van der Waals surface area contributed by atoms with Gasteiger partial charge in [0.2, 0.25) is 0 Å². The van der Waals surface area contributed by atoms with E-state index in [0.717, 1.165) is 70.6 Å². The van der Waals surface area contributed by atoms with Crippen LogP contribution in [-0.4, -0.2) is 40.8 Å².